The Hall–Kier alpha value is -3.97. The molecule has 0 amide bonds. The van der Waals surface area contributed by atoms with Crippen molar-refractivity contribution in [3.8, 4) is 34.3 Å². The summed E-state index contributed by atoms with van der Waals surface area (Å²) in [7, 11) is 4.32. The fourth-order valence-electron chi connectivity index (χ4n) is 3.37. The molecular formula is C25H19ClO7. The van der Waals surface area contributed by atoms with Crippen LogP contribution in [-0.2, 0) is 0 Å². The van der Waals surface area contributed by atoms with Gasteiger partial charge in [0.25, 0.3) is 0 Å². The first kappa shape index (κ1) is 22.2. The van der Waals surface area contributed by atoms with Crippen molar-refractivity contribution in [3.05, 3.63) is 81.5 Å². The Morgan fingerprint density at radius 1 is 0.848 bits per heavy atom. The molecule has 0 aliphatic rings. The molecule has 0 bridgehead atoms. The second-order valence-corrected chi connectivity index (χ2v) is 7.34. The van der Waals surface area contributed by atoms with Crippen LogP contribution in [0.25, 0.3) is 22.3 Å². The van der Waals surface area contributed by atoms with Gasteiger partial charge in [0.15, 0.2) is 17.3 Å². The third-order valence-corrected chi connectivity index (χ3v) is 5.18. The maximum Gasteiger partial charge on any atom is 0.344 e. The molecule has 1 heterocycles. The van der Waals surface area contributed by atoms with E-state index in [1.54, 1.807) is 36.4 Å². The van der Waals surface area contributed by atoms with Gasteiger partial charge in [-0.2, -0.15) is 0 Å². The van der Waals surface area contributed by atoms with E-state index in [9.17, 15) is 9.59 Å². The lowest BCUT2D eigenvalue weighted by Crippen LogP contribution is -2.16. The smallest absolute Gasteiger partial charge is 0.344 e. The topological polar surface area (TPSA) is 84.2 Å². The number of halogens is 1. The van der Waals surface area contributed by atoms with Crippen LogP contribution in [0.5, 0.6) is 23.0 Å². The van der Waals surface area contributed by atoms with Crippen LogP contribution >= 0.6 is 11.6 Å². The molecule has 3 aromatic carbocycles. The van der Waals surface area contributed by atoms with Crippen molar-refractivity contribution < 1.29 is 28.2 Å². The van der Waals surface area contributed by atoms with Crippen LogP contribution in [0.4, 0.5) is 0 Å². The SMILES string of the molecule is COc1cc(C(=O)Oc2c(-c3ccccc3)oc3ccc(Cl)cc3c2=O)cc(OC)c1OC. The van der Waals surface area contributed by atoms with Gasteiger partial charge in [-0.1, -0.05) is 41.9 Å². The number of fused-ring (bicyclic) bond motifs is 1. The second-order valence-electron chi connectivity index (χ2n) is 6.90. The Bertz CT molecular complexity index is 1370. The third kappa shape index (κ3) is 4.23. The van der Waals surface area contributed by atoms with Gasteiger partial charge in [-0.3, -0.25) is 4.79 Å². The van der Waals surface area contributed by atoms with Gasteiger partial charge in [-0.25, -0.2) is 4.79 Å². The van der Waals surface area contributed by atoms with Crippen LogP contribution in [-0.4, -0.2) is 27.3 Å². The van der Waals surface area contributed by atoms with E-state index in [0.29, 0.717) is 21.9 Å². The maximum atomic E-state index is 13.3. The zero-order valence-electron chi connectivity index (χ0n) is 18.0. The quantitative estimate of drug-likeness (QED) is 0.354. The van der Waals surface area contributed by atoms with Crippen LogP contribution in [0.1, 0.15) is 10.4 Å². The fourth-order valence-corrected chi connectivity index (χ4v) is 3.55. The molecule has 0 unspecified atom stereocenters. The molecule has 0 fully saturated rings. The van der Waals surface area contributed by atoms with Crippen molar-refractivity contribution in [2.75, 3.05) is 21.3 Å². The molecule has 0 saturated heterocycles. The van der Waals surface area contributed by atoms with Gasteiger partial charge < -0.3 is 23.4 Å². The summed E-state index contributed by atoms with van der Waals surface area (Å²) in [6.45, 7) is 0. The Morgan fingerprint density at radius 2 is 1.52 bits per heavy atom. The van der Waals surface area contributed by atoms with Gasteiger partial charge >= 0.3 is 5.97 Å². The lowest BCUT2D eigenvalue weighted by atomic mass is 10.1. The highest BCUT2D eigenvalue weighted by Gasteiger charge is 2.24. The first-order valence-corrected chi connectivity index (χ1v) is 10.2. The van der Waals surface area contributed by atoms with Gasteiger partial charge in [0.1, 0.15) is 5.58 Å². The fraction of sp³-hybridized carbons (Fsp3) is 0.120. The summed E-state index contributed by atoms with van der Waals surface area (Å²) >= 11 is 6.07. The molecule has 0 saturated carbocycles. The molecule has 8 heteroatoms. The monoisotopic (exact) mass is 466 g/mol. The van der Waals surface area contributed by atoms with Gasteiger partial charge in [0.2, 0.25) is 16.9 Å². The van der Waals surface area contributed by atoms with Gasteiger partial charge in [-0.15, -0.1) is 0 Å². The number of carbonyl (C=O) groups is 1. The van der Waals surface area contributed by atoms with Crippen molar-refractivity contribution in [2.45, 2.75) is 0 Å². The summed E-state index contributed by atoms with van der Waals surface area (Å²) in [5.74, 6) is -0.0822. The summed E-state index contributed by atoms with van der Waals surface area (Å²) in [4.78, 5) is 26.4. The Labute approximate surface area is 194 Å². The number of methoxy groups -OCH3 is 3. The lowest BCUT2D eigenvalue weighted by Gasteiger charge is -2.14. The number of hydrogen-bond acceptors (Lipinski definition) is 7. The van der Waals surface area contributed by atoms with Crippen molar-refractivity contribution in [2.24, 2.45) is 0 Å². The first-order valence-electron chi connectivity index (χ1n) is 9.80. The Morgan fingerprint density at radius 3 is 2.12 bits per heavy atom. The van der Waals surface area contributed by atoms with Gasteiger partial charge in [0.05, 0.1) is 32.3 Å². The Kier molecular flexibility index (Phi) is 6.24. The number of benzene rings is 3. The maximum absolute atomic E-state index is 13.3. The molecule has 0 atom stereocenters. The van der Waals surface area contributed by atoms with Crippen molar-refractivity contribution in [1.29, 1.82) is 0 Å². The lowest BCUT2D eigenvalue weighted by molar-refractivity contribution is 0.0730. The summed E-state index contributed by atoms with van der Waals surface area (Å²) in [5.41, 5.74) is 0.447. The van der Waals surface area contributed by atoms with Crippen LogP contribution in [0.2, 0.25) is 5.02 Å². The summed E-state index contributed by atoms with van der Waals surface area (Å²) in [5, 5.41) is 0.541. The highest BCUT2D eigenvalue weighted by Crippen LogP contribution is 2.39. The van der Waals surface area contributed by atoms with Gasteiger partial charge in [0, 0.05) is 10.6 Å². The van der Waals surface area contributed by atoms with Crippen LogP contribution in [0.3, 0.4) is 0 Å². The molecule has 1 aromatic heterocycles. The largest absolute Gasteiger partial charge is 0.493 e. The number of ether oxygens (including phenoxy) is 4. The zero-order valence-corrected chi connectivity index (χ0v) is 18.8. The average molecular weight is 467 g/mol. The molecule has 7 nitrogen and oxygen atoms in total. The average Bonchev–Trinajstić information content (AvgIpc) is 2.85. The number of rotatable bonds is 6. The zero-order chi connectivity index (χ0) is 23.5. The summed E-state index contributed by atoms with van der Waals surface area (Å²) in [6.07, 6.45) is 0. The van der Waals surface area contributed by atoms with Crippen molar-refractivity contribution in [3.63, 3.8) is 0 Å². The van der Waals surface area contributed by atoms with E-state index in [1.165, 1.54) is 39.5 Å². The molecule has 0 spiro atoms. The minimum atomic E-state index is -0.805. The Balaban J connectivity index is 1.87. The molecule has 168 valence electrons. The van der Waals surface area contributed by atoms with Crippen LogP contribution < -0.4 is 24.4 Å². The molecule has 33 heavy (non-hydrogen) atoms. The van der Waals surface area contributed by atoms with E-state index in [1.807, 2.05) is 6.07 Å². The van der Waals surface area contributed by atoms with Gasteiger partial charge in [-0.05, 0) is 30.3 Å². The van der Waals surface area contributed by atoms with E-state index in [2.05, 4.69) is 0 Å². The molecule has 0 radical (unpaired) electrons. The van der Waals surface area contributed by atoms with E-state index in [0.717, 1.165) is 0 Å². The minimum absolute atomic E-state index is 0.0918. The molecule has 0 N–H and O–H groups in total. The van der Waals surface area contributed by atoms with Crippen LogP contribution in [0.15, 0.2) is 69.9 Å². The highest BCUT2D eigenvalue weighted by molar-refractivity contribution is 6.31. The van der Waals surface area contributed by atoms with Crippen molar-refractivity contribution in [1.82, 2.24) is 0 Å². The highest BCUT2D eigenvalue weighted by atomic mass is 35.5. The van der Waals surface area contributed by atoms with E-state index >= 15 is 0 Å². The third-order valence-electron chi connectivity index (χ3n) is 4.94. The molecule has 0 aliphatic carbocycles. The predicted molar refractivity (Wildman–Crippen MR) is 124 cm³/mol. The summed E-state index contributed by atoms with van der Waals surface area (Å²) < 4.78 is 27.5. The number of hydrogen-bond donors (Lipinski definition) is 0. The molecule has 4 rings (SSSR count). The van der Waals surface area contributed by atoms with E-state index in [4.69, 9.17) is 35.0 Å². The summed E-state index contributed by atoms with van der Waals surface area (Å²) in [6, 6.07) is 16.4. The first-order chi connectivity index (χ1) is 16.0. The minimum Gasteiger partial charge on any atom is -0.493 e. The number of carbonyl (C=O) groups excluding carboxylic acids is 1. The molecular weight excluding hydrogens is 448 g/mol. The van der Waals surface area contributed by atoms with E-state index < -0.39 is 11.4 Å². The van der Waals surface area contributed by atoms with E-state index in [-0.39, 0.29) is 34.0 Å². The molecule has 4 aromatic rings. The molecule has 0 aliphatic heterocycles. The standard InChI is InChI=1S/C25H19ClO7/c1-29-19-11-15(12-20(30-2)23(19)31-3)25(28)33-24-21(27)17-13-16(26)9-10-18(17)32-22(24)14-7-5-4-6-8-14/h4-13H,1-3H3. The number of esters is 1. The predicted octanol–water partition coefficient (Wildman–Crippen LogP) is 5.36. The normalized spacial score (nSPS) is 10.7. The van der Waals surface area contributed by atoms with Crippen molar-refractivity contribution >= 4 is 28.5 Å². The second kappa shape index (κ2) is 9.26. The van der Waals surface area contributed by atoms with Crippen LogP contribution in [0, 0.1) is 0 Å².